The van der Waals surface area contributed by atoms with Crippen molar-refractivity contribution < 1.29 is 31.8 Å². The molecule has 0 aliphatic rings. The molecule has 1 aromatic rings. The number of aliphatic hydroxyl groups excluding tert-OH is 1. The minimum absolute atomic E-state index is 0.526. The average Bonchev–Trinajstić information content (AvgIpc) is 2.52. The number of aliphatic hydroxyl groups is 1. The predicted octanol–water partition coefficient (Wildman–Crippen LogP) is 4.07. The number of halogens is 5. The van der Waals surface area contributed by atoms with Crippen LogP contribution < -0.4 is 0 Å². The number of ether oxygens (including phenoxy) is 1. The van der Waals surface area contributed by atoms with Crippen molar-refractivity contribution in [1.82, 2.24) is 0 Å². The first-order chi connectivity index (χ1) is 11.1. The van der Waals surface area contributed by atoms with Crippen LogP contribution in [0, 0.1) is 11.3 Å². The van der Waals surface area contributed by atoms with E-state index < -0.39 is 36.1 Å². The van der Waals surface area contributed by atoms with Gasteiger partial charge in [0.15, 0.2) is 5.76 Å². The Bertz CT molecular complexity index is 645. The summed E-state index contributed by atoms with van der Waals surface area (Å²) < 4.78 is 69.1. The minimum atomic E-state index is -5.96. The van der Waals surface area contributed by atoms with Gasteiger partial charge in [-0.3, -0.25) is 0 Å². The highest BCUT2D eigenvalue weighted by molar-refractivity contribution is 5.51. The largest absolute Gasteiger partial charge is 0.491 e. The number of allylic oxidation sites excluding steroid dienone is 1. The van der Waals surface area contributed by atoms with Gasteiger partial charge in [0.2, 0.25) is 0 Å². The molecule has 0 aromatic heterocycles. The summed E-state index contributed by atoms with van der Waals surface area (Å²) in [4.78, 5) is 0. The van der Waals surface area contributed by atoms with E-state index in [0.717, 1.165) is 6.08 Å². The fraction of sp³-hybridized carbons (Fsp3) is 0.312. The van der Waals surface area contributed by atoms with Gasteiger partial charge in [0.25, 0.3) is 0 Å². The Morgan fingerprint density at radius 2 is 1.83 bits per heavy atom. The highest BCUT2D eigenvalue weighted by Gasteiger charge is 2.62. The molecule has 0 aliphatic carbocycles. The van der Waals surface area contributed by atoms with Crippen molar-refractivity contribution in [2.24, 2.45) is 0 Å². The smallest absolute Gasteiger partial charge is 0.461 e. The van der Waals surface area contributed by atoms with Crippen LogP contribution in [0.3, 0.4) is 0 Å². The quantitative estimate of drug-likeness (QED) is 0.479. The fourth-order valence-corrected chi connectivity index (χ4v) is 1.72. The molecule has 0 saturated carbocycles. The van der Waals surface area contributed by atoms with Gasteiger partial charge in [-0.15, -0.1) is 0 Å². The molecule has 0 aliphatic heterocycles. The van der Waals surface area contributed by atoms with E-state index in [4.69, 9.17) is 5.26 Å². The van der Waals surface area contributed by atoms with Crippen LogP contribution in [0.2, 0.25) is 0 Å². The van der Waals surface area contributed by atoms with E-state index in [0.29, 0.717) is 5.56 Å². The second-order valence-corrected chi connectivity index (χ2v) is 4.57. The molecule has 0 saturated heterocycles. The van der Waals surface area contributed by atoms with E-state index in [1.807, 2.05) is 0 Å². The lowest BCUT2D eigenvalue weighted by Gasteiger charge is -2.24. The number of nitrogens with zero attached hydrogens (tertiary/aromatic N) is 1. The second-order valence-electron chi connectivity index (χ2n) is 4.57. The third-order valence-corrected chi connectivity index (χ3v) is 2.86. The van der Waals surface area contributed by atoms with Gasteiger partial charge in [0.05, 0.1) is 6.61 Å². The van der Waals surface area contributed by atoms with Crippen molar-refractivity contribution >= 4 is 6.08 Å². The van der Waals surface area contributed by atoms with Crippen LogP contribution in [0.25, 0.3) is 6.08 Å². The van der Waals surface area contributed by atoms with Crippen LogP contribution in [-0.4, -0.2) is 29.9 Å². The molecular formula is C16H14F5NO2. The van der Waals surface area contributed by atoms with Gasteiger partial charge in [-0.2, -0.15) is 27.2 Å². The molecule has 1 atom stereocenters. The van der Waals surface area contributed by atoms with Crippen LogP contribution >= 0.6 is 0 Å². The highest BCUT2D eigenvalue weighted by Crippen LogP contribution is 2.43. The number of benzene rings is 1. The highest BCUT2D eigenvalue weighted by atomic mass is 19.4. The van der Waals surface area contributed by atoms with Gasteiger partial charge in [-0.25, -0.2) is 0 Å². The third-order valence-electron chi connectivity index (χ3n) is 2.86. The van der Waals surface area contributed by atoms with Crippen molar-refractivity contribution in [3.63, 3.8) is 0 Å². The molecule has 0 bridgehead atoms. The predicted molar refractivity (Wildman–Crippen MR) is 76.7 cm³/mol. The number of rotatable bonds is 6. The minimum Gasteiger partial charge on any atom is -0.491 e. The van der Waals surface area contributed by atoms with Gasteiger partial charge >= 0.3 is 12.1 Å². The molecule has 0 spiro atoms. The summed E-state index contributed by atoms with van der Waals surface area (Å²) in [6.07, 6.45) is -5.72. The maximum Gasteiger partial charge on any atom is 0.461 e. The first kappa shape index (κ1) is 19.6. The lowest BCUT2D eigenvalue weighted by molar-refractivity contribution is -0.277. The van der Waals surface area contributed by atoms with Crippen molar-refractivity contribution in [3.8, 4) is 6.07 Å². The molecule has 8 heteroatoms. The van der Waals surface area contributed by atoms with Crippen molar-refractivity contribution in [1.29, 1.82) is 5.26 Å². The molecule has 0 heterocycles. The third kappa shape index (κ3) is 4.55. The molecule has 130 valence electrons. The van der Waals surface area contributed by atoms with Gasteiger partial charge in [0.1, 0.15) is 17.7 Å². The summed E-state index contributed by atoms with van der Waals surface area (Å²) >= 11 is 0. The lowest BCUT2D eigenvalue weighted by Crippen LogP contribution is -2.40. The molecule has 0 amide bonds. The molecule has 1 rings (SSSR count). The molecule has 0 fully saturated rings. The summed E-state index contributed by atoms with van der Waals surface area (Å²) in [5.74, 6) is -7.29. The molecule has 1 aromatic carbocycles. The zero-order valence-corrected chi connectivity index (χ0v) is 12.5. The molecular weight excluding hydrogens is 333 g/mol. The number of alkyl halides is 5. The Labute approximate surface area is 135 Å². The normalized spacial score (nSPS) is 14.9. The van der Waals surface area contributed by atoms with Crippen molar-refractivity contribution in [3.05, 3.63) is 53.3 Å². The maximum absolute atomic E-state index is 13.5. The van der Waals surface area contributed by atoms with E-state index in [-0.39, 0.29) is 0 Å². The summed E-state index contributed by atoms with van der Waals surface area (Å²) in [5.41, 5.74) is -0.638. The maximum atomic E-state index is 13.5. The van der Waals surface area contributed by atoms with Crippen LogP contribution in [0.4, 0.5) is 22.0 Å². The zero-order valence-electron chi connectivity index (χ0n) is 12.5. The van der Waals surface area contributed by atoms with Crippen molar-refractivity contribution in [2.75, 3.05) is 6.61 Å². The van der Waals surface area contributed by atoms with Crippen LogP contribution in [-0.2, 0) is 4.74 Å². The number of nitriles is 1. The first-order valence-electron chi connectivity index (χ1n) is 6.78. The Kier molecular flexibility index (Phi) is 6.49. The molecule has 3 nitrogen and oxygen atoms in total. The van der Waals surface area contributed by atoms with Crippen LogP contribution in [0.15, 0.2) is 47.7 Å². The van der Waals surface area contributed by atoms with Gasteiger partial charge < -0.3 is 9.84 Å². The van der Waals surface area contributed by atoms with E-state index in [1.54, 1.807) is 30.3 Å². The summed E-state index contributed by atoms with van der Waals surface area (Å²) in [6, 6.07) is 9.45. The standard InChI is InChI=1S/C16H14F5NO2/c1-2-24-14(15(17,18)16(19,20)21)12(10-22)13(23)9-8-11-6-4-3-5-7-11/h3-9,13,23H,2H2,1H3/b9-8+,14-12+. The molecule has 0 radical (unpaired) electrons. The van der Waals surface area contributed by atoms with E-state index in [2.05, 4.69) is 4.74 Å². The summed E-state index contributed by atoms with van der Waals surface area (Å²) in [6.45, 7) is 0.662. The topological polar surface area (TPSA) is 53.2 Å². The molecule has 1 unspecified atom stereocenters. The first-order valence-corrected chi connectivity index (χ1v) is 6.78. The monoisotopic (exact) mass is 347 g/mol. The lowest BCUT2D eigenvalue weighted by atomic mass is 10.0. The van der Waals surface area contributed by atoms with Crippen LogP contribution in [0.1, 0.15) is 12.5 Å². The Morgan fingerprint density at radius 3 is 2.29 bits per heavy atom. The summed E-state index contributed by atoms with van der Waals surface area (Å²) in [5, 5.41) is 18.8. The van der Waals surface area contributed by atoms with Gasteiger partial charge in [-0.1, -0.05) is 42.5 Å². The Hall–Kier alpha value is -2.40. The Balaban J connectivity index is 3.27. The fourth-order valence-electron chi connectivity index (χ4n) is 1.72. The zero-order chi connectivity index (χ0) is 18.4. The SMILES string of the molecule is CCO/C(=C(\C#N)C(O)/C=C/c1ccccc1)C(F)(F)C(F)(F)F. The summed E-state index contributed by atoms with van der Waals surface area (Å²) in [7, 11) is 0. The Morgan fingerprint density at radius 1 is 1.25 bits per heavy atom. The second kappa shape index (κ2) is 7.93. The van der Waals surface area contributed by atoms with E-state index >= 15 is 0 Å². The number of hydrogen-bond acceptors (Lipinski definition) is 3. The average molecular weight is 347 g/mol. The van der Waals surface area contributed by atoms with Crippen LogP contribution in [0.5, 0.6) is 0 Å². The number of hydrogen-bond donors (Lipinski definition) is 1. The van der Waals surface area contributed by atoms with Crippen molar-refractivity contribution in [2.45, 2.75) is 25.1 Å². The molecule has 24 heavy (non-hydrogen) atoms. The van der Waals surface area contributed by atoms with E-state index in [1.165, 1.54) is 19.1 Å². The van der Waals surface area contributed by atoms with Gasteiger partial charge in [0, 0.05) is 0 Å². The molecule has 1 N–H and O–H groups in total. The van der Waals surface area contributed by atoms with Gasteiger partial charge in [-0.05, 0) is 12.5 Å². The van der Waals surface area contributed by atoms with E-state index in [9.17, 15) is 27.1 Å².